The zero-order valence-electron chi connectivity index (χ0n) is 37.8. The molecule has 2 aromatic heterocycles. The average Bonchev–Trinajstić information content (AvgIpc) is 3.95. The molecule has 0 fully saturated rings. The van der Waals surface area contributed by atoms with Crippen molar-refractivity contribution in [3.05, 3.63) is 273 Å². The zero-order chi connectivity index (χ0) is 45.7. The summed E-state index contributed by atoms with van der Waals surface area (Å²) in [6.45, 7) is 0. The van der Waals surface area contributed by atoms with Gasteiger partial charge in [0.25, 0.3) is 0 Å². The molecule has 2 heterocycles. The summed E-state index contributed by atoms with van der Waals surface area (Å²) in [6, 6.07) is 99.3. The molecule has 3 nitrogen and oxygen atoms in total. The van der Waals surface area contributed by atoms with Crippen molar-refractivity contribution in [2.45, 2.75) is 0 Å². The van der Waals surface area contributed by atoms with E-state index < -0.39 is 0 Å². The molecule has 0 atom stereocenters. The molecule has 0 saturated carbocycles. The van der Waals surface area contributed by atoms with E-state index in [1.807, 2.05) is 0 Å². The summed E-state index contributed by atoms with van der Waals surface area (Å²) < 4.78 is 4.88. The van der Waals surface area contributed by atoms with Gasteiger partial charge in [-0.05, 0) is 129 Å². The number of anilines is 3. The summed E-state index contributed by atoms with van der Waals surface area (Å²) >= 11 is 0. The zero-order valence-corrected chi connectivity index (χ0v) is 37.8. The molecular formula is C66H45N3. The average molecular weight is 880 g/mol. The molecule has 69 heavy (non-hydrogen) atoms. The second kappa shape index (κ2) is 16.9. The van der Waals surface area contributed by atoms with Gasteiger partial charge in [-0.25, -0.2) is 0 Å². The van der Waals surface area contributed by atoms with Crippen molar-refractivity contribution in [1.82, 2.24) is 9.13 Å². The monoisotopic (exact) mass is 879 g/mol. The van der Waals surface area contributed by atoms with E-state index in [9.17, 15) is 0 Å². The normalized spacial score (nSPS) is 11.5. The van der Waals surface area contributed by atoms with Crippen molar-refractivity contribution in [2.24, 2.45) is 0 Å². The quantitative estimate of drug-likeness (QED) is 0.141. The maximum absolute atomic E-state index is 2.44. The van der Waals surface area contributed by atoms with E-state index in [-0.39, 0.29) is 0 Å². The minimum absolute atomic E-state index is 1.05. The lowest BCUT2D eigenvalue weighted by Crippen LogP contribution is -2.12. The fourth-order valence-corrected chi connectivity index (χ4v) is 10.4. The van der Waals surface area contributed by atoms with Gasteiger partial charge in [-0.15, -0.1) is 0 Å². The first kappa shape index (κ1) is 40.1. The van der Waals surface area contributed by atoms with Crippen LogP contribution in [0.15, 0.2) is 273 Å². The molecule has 0 aliphatic rings. The summed E-state index contributed by atoms with van der Waals surface area (Å²) in [5, 5.41) is 4.92. The highest BCUT2D eigenvalue weighted by Gasteiger charge is 2.21. The van der Waals surface area contributed by atoms with Crippen LogP contribution in [-0.4, -0.2) is 9.13 Å². The lowest BCUT2D eigenvalue weighted by Gasteiger charge is -2.28. The Bertz CT molecular complexity index is 3680. The van der Waals surface area contributed by atoms with E-state index in [1.165, 1.54) is 82.6 Å². The number of aromatic nitrogens is 2. The summed E-state index contributed by atoms with van der Waals surface area (Å²) in [5.41, 5.74) is 19.4. The van der Waals surface area contributed by atoms with Crippen molar-refractivity contribution in [3.8, 4) is 55.9 Å². The van der Waals surface area contributed by atoms with Crippen LogP contribution in [0.5, 0.6) is 0 Å². The highest BCUT2D eigenvalue weighted by atomic mass is 15.1. The van der Waals surface area contributed by atoms with E-state index in [0.717, 1.165) is 34.0 Å². The number of fused-ring (bicyclic) bond motifs is 6. The number of benzene rings is 11. The minimum atomic E-state index is 1.05. The highest BCUT2D eigenvalue weighted by molar-refractivity contribution is 6.11. The molecule has 13 aromatic rings. The summed E-state index contributed by atoms with van der Waals surface area (Å²) in [5.74, 6) is 0. The third kappa shape index (κ3) is 7.16. The summed E-state index contributed by atoms with van der Waals surface area (Å²) in [6.07, 6.45) is 0. The van der Waals surface area contributed by atoms with Gasteiger partial charge in [-0.3, -0.25) is 0 Å². The van der Waals surface area contributed by atoms with Crippen molar-refractivity contribution >= 4 is 60.7 Å². The molecule has 11 aromatic carbocycles. The van der Waals surface area contributed by atoms with Crippen LogP contribution in [0.4, 0.5) is 17.1 Å². The topological polar surface area (TPSA) is 13.1 Å². The lowest BCUT2D eigenvalue weighted by molar-refractivity contribution is 1.12. The first-order valence-corrected chi connectivity index (χ1v) is 23.7. The minimum Gasteiger partial charge on any atom is -0.310 e. The van der Waals surface area contributed by atoms with Crippen molar-refractivity contribution in [3.63, 3.8) is 0 Å². The van der Waals surface area contributed by atoms with Crippen LogP contribution in [-0.2, 0) is 0 Å². The van der Waals surface area contributed by atoms with E-state index in [2.05, 4.69) is 287 Å². The number of hydrogen-bond acceptors (Lipinski definition) is 1. The van der Waals surface area contributed by atoms with E-state index in [4.69, 9.17) is 0 Å². The SMILES string of the molecule is c1ccc(-c2ccc(N(c3ccc(-c4cc(-c5ccccc5)cc(-c5ccccc5)c4)cc3)c3cc(-n4c5ccccc5c5ccccc54)cc(-n4c5ccccc5c5ccccc54)c3)cc2)cc1. The maximum Gasteiger partial charge on any atom is 0.0541 e. The van der Waals surface area contributed by atoms with Crippen LogP contribution >= 0.6 is 0 Å². The maximum atomic E-state index is 2.44. The van der Waals surface area contributed by atoms with E-state index in [1.54, 1.807) is 0 Å². The first-order chi connectivity index (χ1) is 34.2. The third-order valence-corrected chi connectivity index (χ3v) is 13.7. The van der Waals surface area contributed by atoms with Crippen LogP contribution in [0.3, 0.4) is 0 Å². The fourth-order valence-electron chi connectivity index (χ4n) is 10.4. The van der Waals surface area contributed by atoms with Gasteiger partial charge in [0.1, 0.15) is 0 Å². The Morgan fingerprint density at radius 2 is 0.478 bits per heavy atom. The molecule has 0 spiro atoms. The molecule has 0 aliphatic heterocycles. The first-order valence-electron chi connectivity index (χ1n) is 23.7. The van der Waals surface area contributed by atoms with Crippen molar-refractivity contribution in [2.75, 3.05) is 4.90 Å². The van der Waals surface area contributed by atoms with Crippen LogP contribution in [0.1, 0.15) is 0 Å². The Balaban J connectivity index is 1.04. The predicted molar refractivity (Wildman–Crippen MR) is 292 cm³/mol. The molecule has 13 rings (SSSR count). The van der Waals surface area contributed by atoms with Crippen LogP contribution in [0.2, 0.25) is 0 Å². The fraction of sp³-hybridized carbons (Fsp3) is 0. The molecule has 3 heteroatoms. The Morgan fingerprint density at radius 1 is 0.203 bits per heavy atom. The predicted octanol–water partition coefficient (Wildman–Crippen LogP) is 18.0. The highest BCUT2D eigenvalue weighted by Crippen LogP contribution is 2.43. The van der Waals surface area contributed by atoms with Crippen molar-refractivity contribution < 1.29 is 0 Å². The number of hydrogen-bond donors (Lipinski definition) is 0. The standard InChI is InChI=1S/C66H45N3/c1-4-18-46(19-5-1)49-32-36-54(37-33-49)67(55-38-34-50(35-39-55)53-41-51(47-20-6-2-7-21-47)40-52(42-53)48-22-8-3-9-23-48)56-43-57(68-63-28-14-10-24-59(63)60-25-11-15-29-64(60)68)45-58(44-56)69-65-30-16-12-26-61(65)62-27-13-17-31-66(62)69/h1-45H. The van der Waals surface area contributed by atoms with Crippen LogP contribution < -0.4 is 4.90 Å². The van der Waals surface area contributed by atoms with Gasteiger partial charge in [0.2, 0.25) is 0 Å². The van der Waals surface area contributed by atoms with Gasteiger partial charge in [-0.2, -0.15) is 0 Å². The van der Waals surface area contributed by atoms with Crippen LogP contribution in [0, 0.1) is 0 Å². The molecule has 0 radical (unpaired) electrons. The van der Waals surface area contributed by atoms with E-state index in [0.29, 0.717) is 0 Å². The van der Waals surface area contributed by atoms with Crippen molar-refractivity contribution in [1.29, 1.82) is 0 Å². The molecule has 0 N–H and O–H groups in total. The molecule has 0 aliphatic carbocycles. The Morgan fingerprint density at radius 3 is 0.826 bits per heavy atom. The Hall–Kier alpha value is -9.18. The molecule has 324 valence electrons. The molecule has 0 bridgehead atoms. The summed E-state index contributed by atoms with van der Waals surface area (Å²) in [7, 11) is 0. The molecule has 0 amide bonds. The van der Waals surface area contributed by atoms with Gasteiger partial charge >= 0.3 is 0 Å². The van der Waals surface area contributed by atoms with Gasteiger partial charge < -0.3 is 14.0 Å². The third-order valence-electron chi connectivity index (χ3n) is 13.7. The van der Waals surface area contributed by atoms with Gasteiger partial charge in [0, 0.05) is 32.9 Å². The van der Waals surface area contributed by atoms with E-state index >= 15 is 0 Å². The second-order valence-electron chi connectivity index (χ2n) is 17.8. The molecule has 0 saturated heterocycles. The number of rotatable bonds is 9. The lowest BCUT2D eigenvalue weighted by atomic mass is 9.93. The summed E-state index contributed by atoms with van der Waals surface area (Å²) in [4.78, 5) is 2.42. The number of para-hydroxylation sites is 4. The largest absolute Gasteiger partial charge is 0.310 e. The Labute approximate surface area is 401 Å². The van der Waals surface area contributed by atoms with Crippen LogP contribution in [0.25, 0.3) is 99.5 Å². The second-order valence-corrected chi connectivity index (χ2v) is 17.8. The van der Waals surface area contributed by atoms with Gasteiger partial charge in [0.15, 0.2) is 0 Å². The molecule has 0 unspecified atom stereocenters. The van der Waals surface area contributed by atoms with Gasteiger partial charge in [-0.1, -0.05) is 188 Å². The number of nitrogens with zero attached hydrogens (tertiary/aromatic N) is 3. The van der Waals surface area contributed by atoms with Gasteiger partial charge in [0.05, 0.1) is 39.1 Å². The molecular weight excluding hydrogens is 835 g/mol. The Kier molecular flexibility index (Phi) is 9.84. The smallest absolute Gasteiger partial charge is 0.0541 e.